The molecule has 5 heteroatoms. The molecule has 0 aliphatic carbocycles. The Morgan fingerprint density at radius 3 is 2.48 bits per heavy atom. The summed E-state index contributed by atoms with van der Waals surface area (Å²) < 4.78 is 5.54. The van der Waals surface area contributed by atoms with Crippen molar-refractivity contribution in [1.29, 1.82) is 0 Å². The molecule has 1 N–H and O–H groups in total. The Morgan fingerprint density at radius 2 is 1.72 bits per heavy atom. The number of nitrogens with one attached hydrogen (secondary N) is 1. The number of carbonyl (C=O) groups excluding carboxylic acids is 2. The number of fused-ring (bicyclic) bond motifs is 3. The van der Waals surface area contributed by atoms with E-state index in [1.165, 1.54) is 6.92 Å². The van der Waals surface area contributed by atoms with Crippen LogP contribution in [0.3, 0.4) is 0 Å². The van der Waals surface area contributed by atoms with Crippen molar-refractivity contribution in [2.45, 2.75) is 38.0 Å². The van der Waals surface area contributed by atoms with Crippen molar-refractivity contribution in [2.24, 2.45) is 0 Å². The van der Waals surface area contributed by atoms with Crippen molar-refractivity contribution in [1.82, 2.24) is 4.90 Å². The van der Waals surface area contributed by atoms with E-state index >= 15 is 0 Å². The number of anilines is 1. The third-order valence-corrected chi connectivity index (χ3v) is 4.96. The number of hydrogen-bond donors (Lipinski definition) is 1. The van der Waals surface area contributed by atoms with Crippen LogP contribution in [0.2, 0.25) is 0 Å². The van der Waals surface area contributed by atoms with Gasteiger partial charge in [-0.05, 0) is 17.2 Å². The van der Waals surface area contributed by atoms with E-state index in [9.17, 15) is 9.59 Å². The molecule has 128 valence electrons. The van der Waals surface area contributed by atoms with Crippen molar-refractivity contribution in [3.8, 4) is 0 Å². The van der Waals surface area contributed by atoms with E-state index in [2.05, 4.69) is 5.32 Å². The highest BCUT2D eigenvalue weighted by molar-refractivity contribution is 5.93. The highest BCUT2D eigenvalue weighted by Gasteiger charge is 2.44. The van der Waals surface area contributed by atoms with Crippen LogP contribution in [0.15, 0.2) is 54.6 Å². The maximum atomic E-state index is 12.8. The van der Waals surface area contributed by atoms with E-state index in [0.29, 0.717) is 12.8 Å². The number of piperidine rings is 1. The number of amides is 2. The fourth-order valence-electron chi connectivity index (χ4n) is 3.98. The molecule has 25 heavy (non-hydrogen) atoms. The van der Waals surface area contributed by atoms with Gasteiger partial charge in [0.2, 0.25) is 0 Å². The molecule has 5 nitrogen and oxygen atoms in total. The van der Waals surface area contributed by atoms with Crippen LogP contribution in [-0.4, -0.2) is 23.0 Å². The molecular formula is C20H20N2O3. The van der Waals surface area contributed by atoms with Crippen LogP contribution in [0, 0.1) is 0 Å². The van der Waals surface area contributed by atoms with Crippen LogP contribution in [0.4, 0.5) is 10.5 Å². The Hall–Kier alpha value is -2.82. The largest absolute Gasteiger partial charge is 0.462 e. The summed E-state index contributed by atoms with van der Waals surface area (Å²) in [6.07, 6.45) is 1.02. The number of nitrogens with zero attached hydrogens (tertiary/aromatic N) is 1. The van der Waals surface area contributed by atoms with Crippen LogP contribution in [-0.2, 0) is 9.53 Å². The first kappa shape index (κ1) is 15.7. The summed E-state index contributed by atoms with van der Waals surface area (Å²) in [5.41, 5.74) is 2.96. The third-order valence-electron chi connectivity index (χ3n) is 4.96. The molecule has 1 fully saturated rings. The minimum absolute atomic E-state index is 0.0983. The summed E-state index contributed by atoms with van der Waals surface area (Å²) in [7, 11) is 0. The quantitative estimate of drug-likeness (QED) is 0.842. The molecule has 2 aromatic carbocycles. The van der Waals surface area contributed by atoms with E-state index in [-0.39, 0.29) is 30.2 Å². The molecule has 0 radical (unpaired) electrons. The SMILES string of the molecule is CC(=O)OC1C[C@H](c2ccccc2)N2C(=O)Nc3ccccc3[C@@H]2C1. The fraction of sp³-hybridized carbons (Fsp3) is 0.300. The molecule has 2 heterocycles. The molecule has 0 spiro atoms. The van der Waals surface area contributed by atoms with Crippen LogP contribution in [0.1, 0.15) is 43.0 Å². The van der Waals surface area contributed by atoms with Gasteiger partial charge in [0.25, 0.3) is 0 Å². The van der Waals surface area contributed by atoms with Gasteiger partial charge >= 0.3 is 12.0 Å². The van der Waals surface area contributed by atoms with Crippen molar-refractivity contribution in [3.05, 3.63) is 65.7 Å². The van der Waals surface area contributed by atoms with Gasteiger partial charge in [0.1, 0.15) is 6.10 Å². The van der Waals surface area contributed by atoms with Crippen LogP contribution in [0.25, 0.3) is 0 Å². The monoisotopic (exact) mass is 336 g/mol. The average molecular weight is 336 g/mol. The van der Waals surface area contributed by atoms with Gasteiger partial charge in [-0.2, -0.15) is 0 Å². The van der Waals surface area contributed by atoms with E-state index in [0.717, 1.165) is 16.8 Å². The lowest BCUT2D eigenvalue weighted by atomic mass is 9.84. The van der Waals surface area contributed by atoms with Crippen molar-refractivity contribution in [3.63, 3.8) is 0 Å². The Balaban J connectivity index is 1.77. The molecule has 0 saturated carbocycles. The zero-order valence-electron chi connectivity index (χ0n) is 14.0. The lowest BCUT2D eigenvalue weighted by molar-refractivity contribution is -0.150. The average Bonchev–Trinajstić information content (AvgIpc) is 2.61. The van der Waals surface area contributed by atoms with E-state index in [4.69, 9.17) is 4.74 Å². The smallest absolute Gasteiger partial charge is 0.322 e. The Labute approximate surface area is 146 Å². The molecule has 1 unspecified atom stereocenters. The van der Waals surface area contributed by atoms with E-state index in [1.807, 2.05) is 59.5 Å². The van der Waals surface area contributed by atoms with Crippen molar-refractivity contribution >= 4 is 17.7 Å². The molecule has 3 atom stereocenters. The standard InChI is InChI=1S/C20H20N2O3/c1-13(23)25-15-11-18(14-7-3-2-4-8-14)22-19(12-15)16-9-5-6-10-17(16)21-20(22)24/h2-10,15,18-19H,11-12H2,1H3,(H,21,24)/t15?,18-,19+/m1/s1. The highest BCUT2D eigenvalue weighted by atomic mass is 16.5. The molecule has 0 bridgehead atoms. The van der Waals surface area contributed by atoms with E-state index in [1.54, 1.807) is 0 Å². The number of esters is 1. The molecule has 1 saturated heterocycles. The normalized spacial score (nSPS) is 24.8. The lowest BCUT2D eigenvalue weighted by Crippen LogP contribution is -2.50. The summed E-state index contributed by atoms with van der Waals surface area (Å²) in [6.45, 7) is 1.44. The summed E-state index contributed by atoms with van der Waals surface area (Å²) in [6, 6.07) is 17.4. The molecule has 2 aliphatic heterocycles. The Kier molecular flexibility index (Phi) is 3.92. The number of urea groups is 1. The predicted molar refractivity (Wildman–Crippen MR) is 94.0 cm³/mol. The Bertz CT molecular complexity index is 806. The van der Waals surface area contributed by atoms with Gasteiger partial charge in [-0.1, -0.05) is 48.5 Å². The molecule has 4 rings (SSSR count). The number of rotatable bonds is 2. The summed E-state index contributed by atoms with van der Waals surface area (Å²) >= 11 is 0. The number of para-hydroxylation sites is 1. The first-order valence-electron chi connectivity index (χ1n) is 8.54. The van der Waals surface area contributed by atoms with Gasteiger partial charge in [0, 0.05) is 25.5 Å². The van der Waals surface area contributed by atoms with Gasteiger partial charge in [-0.25, -0.2) is 4.79 Å². The molecule has 2 aromatic rings. The third kappa shape index (κ3) is 2.86. The summed E-state index contributed by atoms with van der Waals surface area (Å²) in [5, 5.41) is 2.99. The lowest BCUT2D eigenvalue weighted by Gasteiger charge is -2.47. The zero-order chi connectivity index (χ0) is 17.4. The first-order chi connectivity index (χ1) is 12.1. The molecule has 2 amide bonds. The highest BCUT2D eigenvalue weighted by Crippen LogP contribution is 2.47. The number of carbonyl (C=O) groups is 2. The molecule has 2 aliphatic rings. The second-order valence-corrected chi connectivity index (χ2v) is 6.57. The van der Waals surface area contributed by atoms with Crippen LogP contribution < -0.4 is 5.32 Å². The minimum atomic E-state index is -0.279. The molecular weight excluding hydrogens is 316 g/mol. The summed E-state index contributed by atoms with van der Waals surface area (Å²) in [5.74, 6) is -0.279. The van der Waals surface area contributed by atoms with Gasteiger partial charge < -0.3 is 15.0 Å². The van der Waals surface area contributed by atoms with Gasteiger partial charge in [0.05, 0.1) is 12.1 Å². The number of benzene rings is 2. The maximum Gasteiger partial charge on any atom is 0.322 e. The topological polar surface area (TPSA) is 58.6 Å². The van der Waals surface area contributed by atoms with Gasteiger partial charge in [-0.15, -0.1) is 0 Å². The molecule has 0 aromatic heterocycles. The maximum absolute atomic E-state index is 12.8. The Morgan fingerprint density at radius 1 is 1.04 bits per heavy atom. The zero-order valence-corrected chi connectivity index (χ0v) is 14.0. The second-order valence-electron chi connectivity index (χ2n) is 6.57. The van der Waals surface area contributed by atoms with Gasteiger partial charge in [-0.3, -0.25) is 4.79 Å². The minimum Gasteiger partial charge on any atom is -0.462 e. The fourth-order valence-corrected chi connectivity index (χ4v) is 3.98. The predicted octanol–water partition coefficient (Wildman–Crippen LogP) is 4.04. The summed E-state index contributed by atoms with van der Waals surface area (Å²) in [4.78, 5) is 26.2. The number of ether oxygens (including phenoxy) is 1. The second kappa shape index (κ2) is 6.24. The number of hydrogen-bond acceptors (Lipinski definition) is 3. The van der Waals surface area contributed by atoms with Crippen LogP contribution >= 0.6 is 0 Å². The first-order valence-corrected chi connectivity index (χ1v) is 8.54. The van der Waals surface area contributed by atoms with Gasteiger partial charge in [0.15, 0.2) is 0 Å². The van der Waals surface area contributed by atoms with E-state index < -0.39 is 0 Å². The van der Waals surface area contributed by atoms with Crippen molar-refractivity contribution < 1.29 is 14.3 Å². The van der Waals surface area contributed by atoms with Crippen molar-refractivity contribution in [2.75, 3.05) is 5.32 Å². The van der Waals surface area contributed by atoms with Crippen LogP contribution in [0.5, 0.6) is 0 Å².